The number of benzene rings is 1. The van der Waals surface area contributed by atoms with E-state index >= 15 is 0 Å². The van der Waals surface area contributed by atoms with Crippen LogP contribution in [0.2, 0.25) is 0 Å². The molecule has 304 valence electrons. The quantitative estimate of drug-likeness (QED) is 0.252. The van der Waals surface area contributed by atoms with Crippen molar-refractivity contribution in [1.82, 2.24) is 30.2 Å². The predicted molar refractivity (Wildman–Crippen MR) is 211 cm³/mol. The van der Waals surface area contributed by atoms with Gasteiger partial charge >= 0.3 is 6.09 Å². The van der Waals surface area contributed by atoms with Crippen molar-refractivity contribution in [3.05, 3.63) is 47.9 Å². The minimum absolute atomic E-state index is 0.0294. The molecule has 0 radical (unpaired) electrons. The molecular weight excluding hydrogens is 773 g/mol. The summed E-state index contributed by atoms with van der Waals surface area (Å²) in [6.07, 6.45) is 10.1. The zero-order valence-electron chi connectivity index (χ0n) is 31.8. The van der Waals surface area contributed by atoms with Gasteiger partial charge in [0, 0.05) is 18.4 Å². The highest BCUT2D eigenvalue weighted by Crippen LogP contribution is 2.46. The normalized spacial score (nSPS) is 27.6. The largest absolute Gasteiger partial charge is 0.497 e. The number of thiophene rings is 1. The number of aromatic nitrogens is 2. The summed E-state index contributed by atoms with van der Waals surface area (Å²) >= 11 is 1.46. The first-order chi connectivity index (χ1) is 27.5. The number of alkyl carbamates (subject to hydrolysis) is 1. The van der Waals surface area contributed by atoms with Crippen molar-refractivity contribution in [2.24, 2.45) is 5.92 Å². The lowest BCUT2D eigenvalue weighted by Crippen LogP contribution is -2.58. The Bertz CT molecular complexity index is 2150. The van der Waals surface area contributed by atoms with Gasteiger partial charge in [0.1, 0.15) is 41.3 Å². The van der Waals surface area contributed by atoms with Crippen LogP contribution in [0.3, 0.4) is 0 Å². The summed E-state index contributed by atoms with van der Waals surface area (Å²) in [6.45, 7) is -0.0302. The van der Waals surface area contributed by atoms with Crippen molar-refractivity contribution in [2.45, 2.75) is 119 Å². The van der Waals surface area contributed by atoms with Crippen LogP contribution in [0.4, 0.5) is 4.79 Å². The summed E-state index contributed by atoms with van der Waals surface area (Å²) < 4.78 is 45.7. The van der Waals surface area contributed by atoms with Crippen molar-refractivity contribution in [1.29, 1.82) is 0 Å². The van der Waals surface area contributed by atoms with E-state index < -0.39 is 68.7 Å². The number of sulfonamides is 1. The molecule has 0 spiro atoms. The van der Waals surface area contributed by atoms with Gasteiger partial charge in [-0.2, -0.15) is 0 Å². The van der Waals surface area contributed by atoms with E-state index in [1.54, 1.807) is 25.3 Å². The van der Waals surface area contributed by atoms with Crippen LogP contribution >= 0.6 is 11.3 Å². The topological polar surface area (TPSA) is 195 Å². The molecule has 2 aliphatic heterocycles. The predicted octanol–water partition coefficient (Wildman–Crippen LogP) is 4.76. The lowest BCUT2D eigenvalue weighted by atomic mass is 10.0. The second-order valence-corrected chi connectivity index (χ2v) is 18.6. The molecule has 3 saturated carbocycles. The van der Waals surface area contributed by atoms with Crippen molar-refractivity contribution in [3.63, 3.8) is 0 Å². The first-order valence-electron chi connectivity index (χ1n) is 19.9. The van der Waals surface area contributed by atoms with E-state index in [0.717, 1.165) is 43.4 Å². The molecule has 3 aliphatic carbocycles. The molecule has 4 amide bonds. The second kappa shape index (κ2) is 16.2. The number of ether oxygens (including phenoxy) is 3. The number of fused-ring (bicyclic) bond motifs is 3. The molecule has 4 heterocycles. The molecule has 1 aromatic carbocycles. The first-order valence-corrected chi connectivity index (χ1v) is 22.3. The highest BCUT2D eigenvalue weighted by Gasteiger charge is 2.62. The Morgan fingerprint density at radius 2 is 1.79 bits per heavy atom. The number of carbonyl (C=O) groups excluding carboxylic acids is 4. The molecule has 3 N–H and O–H groups in total. The standard InChI is InChI=1S/C40H48N6O9S2/c1-53-26-15-18-29-31(20-26)41-34(33-14-9-19-56-33)36(42-29)54-27-21-32-35(47)44-40(38(49)45-57(51,52)28-16-17-28)22-24(40)10-5-3-2-4-6-13-30(37(48)46(32)23-27)43-39(50)55-25-11-7-8-12-25/h5,9-10,14-15,18-20,24-25,27-28,30,32H,2-4,6-8,11-13,16-17,21-23H2,1H3,(H,43,50)(H,44,47)(H,45,49)/b10-5-/t24?,27-,30-,32+,40-/m1/s1. The number of hydrogen-bond donors (Lipinski definition) is 3. The van der Waals surface area contributed by atoms with Gasteiger partial charge in [-0.1, -0.05) is 31.1 Å². The van der Waals surface area contributed by atoms with Gasteiger partial charge in [-0.15, -0.1) is 11.3 Å². The number of nitrogens with zero attached hydrogens (tertiary/aromatic N) is 3. The van der Waals surface area contributed by atoms with Gasteiger partial charge < -0.3 is 29.7 Å². The van der Waals surface area contributed by atoms with E-state index in [-0.39, 0.29) is 31.4 Å². The Morgan fingerprint density at radius 1 is 0.982 bits per heavy atom. The van der Waals surface area contributed by atoms with Crippen LogP contribution in [0, 0.1) is 5.92 Å². The lowest BCUT2D eigenvalue weighted by Gasteiger charge is -2.30. The SMILES string of the molecule is COc1ccc2nc(O[C@@H]3C[C@H]4C(=O)N[C@]5(C(=O)NS(=O)(=O)C6CC6)CC5/C=C\CCCCC[C@@H](NC(=O)OC5CCCC5)C(=O)N4C3)c(-c3cccs3)nc2c1. The molecule has 5 aliphatic rings. The molecule has 17 heteroatoms. The van der Waals surface area contributed by atoms with Gasteiger partial charge in [0.2, 0.25) is 27.7 Å². The molecule has 0 bridgehead atoms. The average molecular weight is 821 g/mol. The molecule has 57 heavy (non-hydrogen) atoms. The summed E-state index contributed by atoms with van der Waals surface area (Å²) in [5, 5.41) is 7.01. The number of methoxy groups -OCH3 is 1. The first kappa shape index (κ1) is 39.1. The van der Waals surface area contributed by atoms with Gasteiger partial charge in [-0.25, -0.2) is 23.2 Å². The van der Waals surface area contributed by atoms with Crippen LogP contribution < -0.4 is 24.8 Å². The Morgan fingerprint density at radius 3 is 2.54 bits per heavy atom. The average Bonchev–Trinajstić information content (AvgIpc) is 3.93. The van der Waals surface area contributed by atoms with Gasteiger partial charge in [-0.05, 0) is 87.8 Å². The Hall–Kier alpha value is -4.77. The molecular formula is C40H48N6O9S2. The number of hydrogen-bond acceptors (Lipinski definition) is 12. The Labute approximate surface area is 335 Å². The number of carbonyl (C=O) groups is 4. The van der Waals surface area contributed by atoms with Crippen molar-refractivity contribution in [3.8, 4) is 22.2 Å². The zero-order chi connectivity index (χ0) is 39.7. The maximum atomic E-state index is 14.7. The molecule has 5 atom stereocenters. The molecule has 15 nitrogen and oxygen atoms in total. The molecule has 1 unspecified atom stereocenters. The summed E-state index contributed by atoms with van der Waals surface area (Å²) in [7, 11) is -2.33. The van der Waals surface area contributed by atoms with E-state index in [1.165, 1.54) is 16.2 Å². The fraction of sp³-hybridized carbons (Fsp3) is 0.550. The number of allylic oxidation sites excluding steroid dienone is 1. The van der Waals surface area contributed by atoms with Crippen LogP contribution in [0.1, 0.15) is 83.5 Å². The van der Waals surface area contributed by atoms with Crippen molar-refractivity contribution < 1.29 is 41.8 Å². The van der Waals surface area contributed by atoms with Crippen LogP contribution in [-0.2, 0) is 29.1 Å². The third kappa shape index (κ3) is 8.59. The van der Waals surface area contributed by atoms with E-state index in [0.29, 0.717) is 54.6 Å². The fourth-order valence-electron chi connectivity index (χ4n) is 8.14. The molecule has 1 saturated heterocycles. The van der Waals surface area contributed by atoms with Crippen LogP contribution in [0.5, 0.6) is 11.6 Å². The van der Waals surface area contributed by atoms with Crippen molar-refractivity contribution >= 4 is 56.2 Å². The van der Waals surface area contributed by atoms with Crippen molar-refractivity contribution in [2.75, 3.05) is 13.7 Å². The Balaban J connectivity index is 1.11. The third-order valence-electron chi connectivity index (χ3n) is 11.6. The number of rotatable bonds is 9. The summed E-state index contributed by atoms with van der Waals surface area (Å²) in [5.41, 5.74) is 0.126. The lowest BCUT2D eigenvalue weighted by molar-refractivity contribution is -0.141. The maximum absolute atomic E-state index is 14.7. The molecule has 2 aromatic heterocycles. The smallest absolute Gasteiger partial charge is 0.408 e. The second-order valence-electron chi connectivity index (χ2n) is 15.7. The van der Waals surface area contributed by atoms with Gasteiger partial charge in [0.15, 0.2) is 0 Å². The summed E-state index contributed by atoms with van der Waals surface area (Å²) in [4.78, 5) is 68.1. The summed E-state index contributed by atoms with van der Waals surface area (Å²) in [5.74, 6) is -1.48. The van der Waals surface area contributed by atoms with E-state index in [9.17, 15) is 27.6 Å². The van der Waals surface area contributed by atoms with Gasteiger partial charge in [-0.3, -0.25) is 19.1 Å². The monoisotopic (exact) mass is 820 g/mol. The minimum atomic E-state index is -3.90. The zero-order valence-corrected chi connectivity index (χ0v) is 33.4. The highest BCUT2D eigenvalue weighted by atomic mass is 32.2. The van der Waals surface area contributed by atoms with E-state index in [4.69, 9.17) is 24.2 Å². The minimum Gasteiger partial charge on any atom is -0.497 e. The fourth-order valence-corrected chi connectivity index (χ4v) is 10.2. The summed E-state index contributed by atoms with van der Waals surface area (Å²) in [6, 6.07) is 7.01. The van der Waals surface area contributed by atoms with Gasteiger partial charge in [0.05, 0.1) is 34.8 Å². The molecule has 4 fully saturated rings. The van der Waals surface area contributed by atoms with Crippen LogP contribution in [-0.4, -0.2) is 95.8 Å². The van der Waals surface area contributed by atoms with Gasteiger partial charge in [0.25, 0.3) is 5.91 Å². The highest BCUT2D eigenvalue weighted by molar-refractivity contribution is 7.91. The maximum Gasteiger partial charge on any atom is 0.408 e. The molecule has 3 aromatic rings. The van der Waals surface area contributed by atoms with Crippen LogP contribution in [0.15, 0.2) is 47.9 Å². The van der Waals surface area contributed by atoms with E-state index in [2.05, 4.69) is 15.4 Å². The number of nitrogens with one attached hydrogen (secondary N) is 3. The van der Waals surface area contributed by atoms with Crippen LogP contribution in [0.25, 0.3) is 21.6 Å². The van der Waals surface area contributed by atoms with E-state index in [1.807, 2.05) is 29.7 Å². The Kier molecular flexibility index (Phi) is 11.1. The third-order valence-corrected chi connectivity index (χ3v) is 14.3. The molecule has 8 rings (SSSR count). The number of amides is 4.